The second kappa shape index (κ2) is 8.14. The summed E-state index contributed by atoms with van der Waals surface area (Å²) in [4.78, 5) is 38.0. The molecule has 1 amide bonds. The molecule has 2 rings (SSSR count). The third-order valence-corrected chi connectivity index (χ3v) is 4.04. The Bertz CT molecular complexity index is 875. The lowest BCUT2D eigenvalue weighted by atomic mass is 10.2. The minimum atomic E-state index is -0.627. The molecule has 0 radical (unpaired) electrons. The summed E-state index contributed by atoms with van der Waals surface area (Å²) in [6, 6.07) is 7.87. The number of ether oxygens (including phenoxy) is 1. The van der Waals surface area contributed by atoms with Crippen LogP contribution in [0.5, 0.6) is 0 Å². The smallest absolute Gasteiger partial charge is 0.325 e. The third-order valence-electron chi connectivity index (χ3n) is 3.79. The van der Waals surface area contributed by atoms with E-state index in [2.05, 4.69) is 9.84 Å². The fourth-order valence-corrected chi connectivity index (χ4v) is 2.49. The van der Waals surface area contributed by atoms with Gasteiger partial charge in [-0.05, 0) is 45.0 Å². The molecule has 1 heterocycles. The molecule has 2 aromatic rings. The first-order valence-corrected chi connectivity index (χ1v) is 8.37. The van der Waals surface area contributed by atoms with Crippen molar-refractivity contribution in [3.8, 4) is 5.69 Å². The van der Waals surface area contributed by atoms with Crippen LogP contribution in [-0.2, 0) is 9.53 Å². The molecule has 0 unspecified atom stereocenters. The fourth-order valence-electron chi connectivity index (χ4n) is 2.37. The number of amides is 1. The van der Waals surface area contributed by atoms with Crippen molar-refractivity contribution >= 4 is 23.5 Å². The highest BCUT2D eigenvalue weighted by Gasteiger charge is 2.26. The van der Waals surface area contributed by atoms with E-state index in [1.54, 1.807) is 45.0 Å². The van der Waals surface area contributed by atoms with Gasteiger partial charge in [-0.15, -0.1) is 0 Å². The van der Waals surface area contributed by atoms with E-state index in [1.807, 2.05) is 0 Å². The van der Waals surface area contributed by atoms with Crippen molar-refractivity contribution in [2.24, 2.45) is 0 Å². The summed E-state index contributed by atoms with van der Waals surface area (Å²) < 4.78 is 6.11. The highest BCUT2D eigenvalue weighted by Crippen LogP contribution is 2.14. The van der Waals surface area contributed by atoms with Gasteiger partial charge >= 0.3 is 5.97 Å². The molecule has 0 atom stereocenters. The molecule has 0 saturated carbocycles. The minimum absolute atomic E-state index is 0.261. The van der Waals surface area contributed by atoms with E-state index in [-0.39, 0.29) is 18.3 Å². The van der Waals surface area contributed by atoms with Crippen LogP contribution in [0.3, 0.4) is 0 Å². The van der Waals surface area contributed by atoms with Gasteiger partial charge in [0, 0.05) is 22.8 Å². The van der Waals surface area contributed by atoms with Crippen molar-refractivity contribution in [3.63, 3.8) is 0 Å². The summed E-state index contributed by atoms with van der Waals surface area (Å²) >= 11 is 5.90. The first-order valence-electron chi connectivity index (χ1n) is 7.99. The van der Waals surface area contributed by atoms with Gasteiger partial charge in [0.15, 0.2) is 5.69 Å². The monoisotopic (exact) mass is 377 g/mol. The first kappa shape index (κ1) is 19.7. The van der Waals surface area contributed by atoms with Gasteiger partial charge in [0.05, 0.1) is 12.8 Å². The Morgan fingerprint density at radius 1 is 1.27 bits per heavy atom. The van der Waals surface area contributed by atoms with Crippen LogP contribution in [-0.4, -0.2) is 46.3 Å². The Morgan fingerprint density at radius 3 is 2.42 bits per heavy atom. The van der Waals surface area contributed by atoms with Crippen LogP contribution in [0, 0.1) is 6.92 Å². The van der Waals surface area contributed by atoms with Crippen LogP contribution in [0.1, 0.15) is 30.0 Å². The van der Waals surface area contributed by atoms with Crippen LogP contribution in [0.15, 0.2) is 35.1 Å². The zero-order valence-corrected chi connectivity index (χ0v) is 15.8. The predicted octanol–water partition coefficient (Wildman–Crippen LogP) is 2.22. The van der Waals surface area contributed by atoms with Crippen molar-refractivity contribution in [1.82, 2.24) is 14.7 Å². The second-order valence-electron chi connectivity index (χ2n) is 5.99. The molecule has 0 N–H and O–H groups in total. The molecule has 7 nitrogen and oxygen atoms in total. The number of aryl methyl sites for hydroxylation is 1. The van der Waals surface area contributed by atoms with Gasteiger partial charge in [-0.1, -0.05) is 11.6 Å². The number of hydrogen-bond donors (Lipinski definition) is 0. The molecule has 1 aromatic heterocycles. The summed E-state index contributed by atoms with van der Waals surface area (Å²) in [6.45, 7) is 4.94. The maximum Gasteiger partial charge on any atom is 0.325 e. The van der Waals surface area contributed by atoms with Crippen molar-refractivity contribution in [2.75, 3.05) is 13.7 Å². The van der Waals surface area contributed by atoms with Crippen molar-refractivity contribution in [2.45, 2.75) is 26.8 Å². The molecule has 0 bridgehead atoms. The molecule has 0 aliphatic carbocycles. The van der Waals surface area contributed by atoms with E-state index >= 15 is 0 Å². The largest absolute Gasteiger partial charge is 0.468 e. The number of aromatic nitrogens is 2. The van der Waals surface area contributed by atoms with Crippen LogP contribution in [0.25, 0.3) is 5.69 Å². The Labute approximate surface area is 156 Å². The first-order chi connectivity index (χ1) is 12.2. The van der Waals surface area contributed by atoms with Crippen LogP contribution >= 0.6 is 11.6 Å². The maximum atomic E-state index is 12.8. The normalized spacial score (nSPS) is 10.7. The Kier molecular flexibility index (Phi) is 6.15. The number of carbonyl (C=O) groups is 2. The van der Waals surface area contributed by atoms with E-state index in [0.29, 0.717) is 16.4 Å². The van der Waals surface area contributed by atoms with E-state index in [1.165, 1.54) is 22.8 Å². The zero-order valence-electron chi connectivity index (χ0n) is 15.0. The minimum Gasteiger partial charge on any atom is -0.468 e. The number of rotatable bonds is 5. The summed E-state index contributed by atoms with van der Waals surface area (Å²) in [5, 5.41) is 4.79. The number of methoxy groups -OCH3 is 1. The van der Waals surface area contributed by atoms with Gasteiger partial charge in [-0.2, -0.15) is 5.10 Å². The Morgan fingerprint density at radius 2 is 1.88 bits per heavy atom. The van der Waals surface area contributed by atoms with Crippen LogP contribution < -0.4 is 5.43 Å². The van der Waals surface area contributed by atoms with E-state index < -0.39 is 17.3 Å². The van der Waals surface area contributed by atoms with Gasteiger partial charge in [-0.25, -0.2) is 4.68 Å². The molecular formula is C18H20ClN3O4. The zero-order chi connectivity index (χ0) is 19.4. The molecule has 0 spiro atoms. The number of carbonyl (C=O) groups excluding carboxylic acids is 2. The summed E-state index contributed by atoms with van der Waals surface area (Å²) in [5.41, 5.74) is 0.458. The summed E-state index contributed by atoms with van der Waals surface area (Å²) in [6.07, 6.45) is 0. The molecule has 138 valence electrons. The third kappa shape index (κ3) is 4.29. The highest BCUT2D eigenvalue weighted by atomic mass is 35.5. The Hall–Kier alpha value is -2.67. The Balaban J connectivity index is 2.49. The van der Waals surface area contributed by atoms with Crippen LogP contribution in [0.2, 0.25) is 5.02 Å². The van der Waals surface area contributed by atoms with Gasteiger partial charge in [0.1, 0.15) is 6.54 Å². The summed E-state index contributed by atoms with van der Waals surface area (Å²) in [5.74, 6) is -1.20. The lowest BCUT2D eigenvalue weighted by Gasteiger charge is -2.25. The number of benzene rings is 1. The molecule has 0 saturated heterocycles. The van der Waals surface area contributed by atoms with Crippen molar-refractivity contribution in [1.29, 1.82) is 0 Å². The van der Waals surface area contributed by atoms with E-state index in [0.717, 1.165) is 0 Å². The van der Waals surface area contributed by atoms with E-state index in [9.17, 15) is 14.4 Å². The molecule has 1 aromatic carbocycles. The highest BCUT2D eigenvalue weighted by molar-refractivity contribution is 6.30. The average Bonchev–Trinajstić information content (AvgIpc) is 2.59. The molecular weight excluding hydrogens is 358 g/mol. The molecule has 0 aliphatic heterocycles. The fraction of sp³-hybridized carbons (Fsp3) is 0.333. The number of esters is 1. The molecule has 26 heavy (non-hydrogen) atoms. The molecule has 8 heteroatoms. The molecule has 0 aliphatic rings. The predicted molar refractivity (Wildman–Crippen MR) is 97.8 cm³/mol. The standard InChI is InChI=1S/C18H20ClN3O4/c1-11(2)21(10-16(24)26-4)18(25)17-15(23)9-12(3)22(20-17)14-7-5-13(19)6-8-14/h5-9,11H,10H2,1-4H3. The lowest BCUT2D eigenvalue weighted by Crippen LogP contribution is -2.43. The van der Waals surface area contributed by atoms with Gasteiger partial charge in [0.25, 0.3) is 5.91 Å². The molecule has 0 fully saturated rings. The average molecular weight is 378 g/mol. The van der Waals surface area contributed by atoms with Gasteiger partial charge in [0.2, 0.25) is 5.43 Å². The number of hydrogen-bond acceptors (Lipinski definition) is 5. The van der Waals surface area contributed by atoms with E-state index in [4.69, 9.17) is 11.6 Å². The summed E-state index contributed by atoms with van der Waals surface area (Å²) in [7, 11) is 1.24. The number of nitrogens with zero attached hydrogens (tertiary/aromatic N) is 3. The van der Waals surface area contributed by atoms with Gasteiger partial charge in [-0.3, -0.25) is 14.4 Å². The van der Waals surface area contributed by atoms with Crippen molar-refractivity contribution in [3.05, 3.63) is 57.0 Å². The SMILES string of the molecule is COC(=O)CN(C(=O)c1nn(-c2ccc(Cl)cc2)c(C)cc1=O)C(C)C. The quantitative estimate of drug-likeness (QED) is 0.746. The van der Waals surface area contributed by atoms with Crippen molar-refractivity contribution < 1.29 is 14.3 Å². The second-order valence-corrected chi connectivity index (χ2v) is 6.43. The van der Waals surface area contributed by atoms with Crippen LogP contribution in [0.4, 0.5) is 0 Å². The topological polar surface area (TPSA) is 81.5 Å². The van der Waals surface area contributed by atoms with Gasteiger partial charge < -0.3 is 9.64 Å². The number of halogens is 1. The lowest BCUT2D eigenvalue weighted by molar-refractivity contribution is -0.141. The maximum absolute atomic E-state index is 12.8.